The molecule has 7 heteroatoms. The molecule has 0 saturated heterocycles. The molecule has 1 aromatic carbocycles. The number of benzene rings is 1. The lowest BCUT2D eigenvalue weighted by molar-refractivity contribution is 0.0944. The smallest absolute Gasteiger partial charge is 0.261 e. The SMILES string of the molecule is Cc1ccc(C(=O)N[C@H](C)c2ccc(S(N)(=O)=O)cc2)s1. The Morgan fingerprint density at radius 2 is 1.81 bits per heavy atom. The van der Waals surface area contributed by atoms with Gasteiger partial charge in [0.05, 0.1) is 15.8 Å². The molecule has 0 fully saturated rings. The van der Waals surface area contributed by atoms with E-state index < -0.39 is 10.0 Å². The van der Waals surface area contributed by atoms with Crippen molar-refractivity contribution in [1.29, 1.82) is 0 Å². The van der Waals surface area contributed by atoms with Gasteiger partial charge >= 0.3 is 0 Å². The van der Waals surface area contributed by atoms with Gasteiger partial charge in [-0.1, -0.05) is 12.1 Å². The summed E-state index contributed by atoms with van der Waals surface area (Å²) in [6.07, 6.45) is 0. The van der Waals surface area contributed by atoms with Crippen LogP contribution in [0.5, 0.6) is 0 Å². The molecule has 21 heavy (non-hydrogen) atoms. The standard InChI is InChI=1S/C14H16N2O3S2/c1-9-3-8-13(20-9)14(17)16-10(2)11-4-6-12(7-5-11)21(15,18)19/h3-8,10H,1-2H3,(H,16,17)(H2,15,18,19)/t10-/m1/s1. The van der Waals surface area contributed by atoms with Crippen LogP contribution < -0.4 is 10.5 Å². The van der Waals surface area contributed by atoms with Crippen LogP contribution in [0.4, 0.5) is 0 Å². The molecule has 1 atom stereocenters. The number of nitrogens with two attached hydrogens (primary N) is 1. The van der Waals surface area contributed by atoms with Gasteiger partial charge in [-0.25, -0.2) is 13.6 Å². The van der Waals surface area contributed by atoms with E-state index in [0.29, 0.717) is 4.88 Å². The minimum atomic E-state index is -3.69. The average Bonchev–Trinajstić information content (AvgIpc) is 2.84. The highest BCUT2D eigenvalue weighted by Crippen LogP contribution is 2.19. The zero-order valence-corrected chi connectivity index (χ0v) is 13.3. The predicted octanol–water partition coefficient (Wildman–Crippen LogP) is 2.19. The van der Waals surface area contributed by atoms with E-state index in [1.807, 2.05) is 19.9 Å². The van der Waals surface area contributed by atoms with Gasteiger partial charge in [0.15, 0.2) is 0 Å². The molecule has 0 bridgehead atoms. The van der Waals surface area contributed by atoms with E-state index in [1.165, 1.54) is 23.5 Å². The van der Waals surface area contributed by atoms with Crippen molar-refractivity contribution in [3.63, 3.8) is 0 Å². The van der Waals surface area contributed by atoms with E-state index >= 15 is 0 Å². The first-order valence-electron chi connectivity index (χ1n) is 6.27. The molecule has 0 spiro atoms. The van der Waals surface area contributed by atoms with Crippen LogP contribution in [-0.4, -0.2) is 14.3 Å². The van der Waals surface area contributed by atoms with Crippen LogP contribution in [0.2, 0.25) is 0 Å². The maximum absolute atomic E-state index is 12.1. The Hall–Kier alpha value is -1.70. The Morgan fingerprint density at radius 1 is 1.19 bits per heavy atom. The summed E-state index contributed by atoms with van der Waals surface area (Å²) in [4.78, 5) is 13.8. The molecule has 112 valence electrons. The molecule has 0 unspecified atom stereocenters. The van der Waals surface area contributed by atoms with Gasteiger partial charge in [0.2, 0.25) is 10.0 Å². The fourth-order valence-corrected chi connectivity index (χ4v) is 3.14. The molecule has 0 aliphatic rings. The third-order valence-electron chi connectivity index (χ3n) is 3.02. The van der Waals surface area contributed by atoms with E-state index in [2.05, 4.69) is 5.32 Å². The van der Waals surface area contributed by atoms with Gasteiger partial charge in [0.1, 0.15) is 0 Å². The van der Waals surface area contributed by atoms with Crippen molar-refractivity contribution in [2.75, 3.05) is 0 Å². The molecule has 1 amide bonds. The van der Waals surface area contributed by atoms with E-state index in [9.17, 15) is 13.2 Å². The summed E-state index contributed by atoms with van der Waals surface area (Å²) in [5.41, 5.74) is 0.809. The van der Waals surface area contributed by atoms with Gasteiger partial charge in [-0.2, -0.15) is 0 Å². The lowest BCUT2D eigenvalue weighted by Gasteiger charge is -2.14. The van der Waals surface area contributed by atoms with Crippen LogP contribution in [-0.2, 0) is 10.0 Å². The predicted molar refractivity (Wildman–Crippen MR) is 82.8 cm³/mol. The summed E-state index contributed by atoms with van der Waals surface area (Å²) in [6.45, 7) is 3.78. The van der Waals surface area contributed by atoms with E-state index in [0.717, 1.165) is 10.4 Å². The second-order valence-electron chi connectivity index (χ2n) is 4.72. The lowest BCUT2D eigenvalue weighted by Crippen LogP contribution is -2.25. The second kappa shape index (κ2) is 5.97. The van der Waals surface area contributed by atoms with Crippen LogP contribution in [0.25, 0.3) is 0 Å². The molecule has 0 aliphatic carbocycles. The maximum atomic E-state index is 12.1. The van der Waals surface area contributed by atoms with Gasteiger partial charge in [0.25, 0.3) is 5.91 Å². The van der Waals surface area contributed by atoms with E-state index in [4.69, 9.17) is 5.14 Å². The second-order valence-corrected chi connectivity index (χ2v) is 7.57. The molecule has 0 saturated carbocycles. The zero-order valence-electron chi connectivity index (χ0n) is 11.7. The van der Waals surface area contributed by atoms with Gasteiger partial charge in [-0.3, -0.25) is 4.79 Å². The highest BCUT2D eigenvalue weighted by Gasteiger charge is 2.14. The summed E-state index contributed by atoms with van der Waals surface area (Å²) < 4.78 is 22.4. The number of rotatable bonds is 4. The van der Waals surface area contributed by atoms with E-state index in [1.54, 1.807) is 18.2 Å². The van der Waals surface area contributed by atoms with Gasteiger partial charge in [0, 0.05) is 4.88 Å². The van der Waals surface area contributed by atoms with Gasteiger partial charge in [-0.15, -0.1) is 11.3 Å². The highest BCUT2D eigenvalue weighted by molar-refractivity contribution is 7.89. The monoisotopic (exact) mass is 324 g/mol. The molecule has 5 nitrogen and oxygen atoms in total. The Bertz CT molecular complexity index is 749. The normalized spacial score (nSPS) is 12.9. The lowest BCUT2D eigenvalue weighted by atomic mass is 10.1. The first kappa shape index (κ1) is 15.7. The number of primary sulfonamides is 1. The maximum Gasteiger partial charge on any atom is 0.261 e. The number of thiophene rings is 1. The average molecular weight is 324 g/mol. The van der Waals surface area contributed by atoms with Crippen molar-refractivity contribution in [3.8, 4) is 0 Å². The largest absolute Gasteiger partial charge is 0.345 e. The molecule has 0 radical (unpaired) electrons. The van der Waals surface area contributed by atoms with Crippen molar-refractivity contribution >= 4 is 27.3 Å². The van der Waals surface area contributed by atoms with Gasteiger partial charge in [-0.05, 0) is 43.7 Å². The van der Waals surface area contributed by atoms with Crippen LogP contribution in [0.1, 0.15) is 33.1 Å². The Balaban J connectivity index is 2.10. The number of nitrogens with one attached hydrogen (secondary N) is 1. The van der Waals surface area contributed by atoms with Crippen molar-refractivity contribution in [3.05, 3.63) is 51.7 Å². The fraction of sp³-hybridized carbons (Fsp3) is 0.214. The summed E-state index contributed by atoms with van der Waals surface area (Å²) in [5.74, 6) is -0.142. The van der Waals surface area contributed by atoms with Crippen LogP contribution >= 0.6 is 11.3 Å². The number of hydrogen-bond acceptors (Lipinski definition) is 4. The zero-order chi connectivity index (χ0) is 15.6. The van der Waals surface area contributed by atoms with Crippen molar-refractivity contribution in [2.24, 2.45) is 5.14 Å². The van der Waals surface area contributed by atoms with Crippen LogP contribution in [0, 0.1) is 6.92 Å². The van der Waals surface area contributed by atoms with Gasteiger partial charge < -0.3 is 5.32 Å². The molecular weight excluding hydrogens is 308 g/mol. The number of amides is 1. The van der Waals surface area contributed by atoms with Crippen LogP contribution in [0.3, 0.4) is 0 Å². The molecule has 0 aliphatic heterocycles. The van der Waals surface area contributed by atoms with Crippen LogP contribution in [0.15, 0.2) is 41.3 Å². The minimum Gasteiger partial charge on any atom is -0.345 e. The number of carbonyl (C=O) groups excluding carboxylic acids is 1. The molecule has 2 aromatic rings. The topological polar surface area (TPSA) is 89.3 Å². The fourth-order valence-electron chi connectivity index (χ4n) is 1.85. The highest BCUT2D eigenvalue weighted by atomic mass is 32.2. The first-order valence-corrected chi connectivity index (χ1v) is 8.64. The molecule has 1 aromatic heterocycles. The number of sulfonamides is 1. The third-order valence-corrected chi connectivity index (χ3v) is 4.95. The summed E-state index contributed by atoms with van der Waals surface area (Å²) in [7, 11) is -3.69. The Morgan fingerprint density at radius 3 is 2.29 bits per heavy atom. The number of hydrogen-bond donors (Lipinski definition) is 2. The van der Waals surface area contributed by atoms with Crippen molar-refractivity contribution in [1.82, 2.24) is 5.32 Å². The van der Waals surface area contributed by atoms with Crippen molar-refractivity contribution in [2.45, 2.75) is 24.8 Å². The molecule has 2 rings (SSSR count). The Kier molecular flexibility index (Phi) is 4.46. The van der Waals surface area contributed by atoms with E-state index in [-0.39, 0.29) is 16.8 Å². The molecular formula is C14H16N2O3S2. The molecule has 1 heterocycles. The summed E-state index contributed by atoms with van der Waals surface area (Å²) in [5, 5.41) is 7.92. The summed E-state index contributed by atoms with van der Waals surface area (Å²) >= 11 is 1.43. The molecule has 3 N–H and O–H groups in total. The first-order chi connectivity index (χ1) is 9.77. The third kappa shape index (κ3) is 3.90. The minimum absolute atomic E-state index is 0.0543. The van der Waals surface area contributed by atoms with Crippen molar-refractivity contribution < 1.29 is 13.2 Å². The summed E-state index contributed by atoms with van der Waals surface area (Å²) in [6, 6.07) is 9.60. The quantitative estimate of drug-likeness (QED) is 0.903. The number of carbonyl (C=O) groups is 1. The Labute approximate surface area is 127 Å². The number of aryl methyl sites for hydroxylation is 1.